The van der Waals surface area contributed by atoms with Crippen molar-refractivity contribution in [3.63, 3.8) is 0 Å². The van der Waals surface area contributed by atoms with Gasteiger partial charge in [0.15, 0.2) is 0 Å². The molecule has 2 heterocycles. The van der Waals surface area contributed by atoms with Crippen molar-refractivity contribution in [2.75, 3.05) is 13.2 Å². The number of rotatable bonds is 8. The molecule has 0 N–H and O–H groups in total. The molecule has 1 saturated heterocycles. The van der Waals surface area contributed by atoms with E-state index in [0.717, 1.165) is 46.7 Å². The van der Waals surface area contributed by atoms with Gasteiger partial charge in [0.1, 0.15) is 17.4 Å². The van der Waals surface area contributed by atoms with Crippen molar-refractivity contribution in [2.45, 2.75) is 45.7 Å². The van der Waals surface area contributed by atoms with Crippen LogP contribution in [0.4, 0.5) is 4.39 Å². The Morgan fingerprint density at radius 3 is 2.69 bits per heavy atom. The normalized spacial score (nSPS) is 15.8. The van der Waals surface area contributed by atoms with Crippen LogP contribution in [0.3, 0.4) is 0 Å². The number of amides is 1. The Morgan fingerprint density at radius 2 is 1.86 bits per heavy atom. The number of para-hydroxylation sites is 2. The number of nitrogens with zero attached hydrogens (tertiary/aromatic N) is 3. The van der Waals surface area contributed by atoms with Crippen LogP contribution in [0, 0.1) is 19.7 Å². The minimum atomic E-state index is -0.269. The Bertz CT molecular complexity index is 1350. The summed E-state index contributed by atoms with van der Waals surface area (Å²) < 4.78 is 21.6. The number of halogens is 1. The molecule has 0 spiro atoms. The van der Waals surface area contributed by atoms with E-state index in [9.17, 15) is 9.18 Å². The van der Waals surface area contributed by atoms with Crippen LogP contribution in [0.1, 0.15) is 41.3 Å². The monoisotopic (exact) mass is 471 g/mol. The van der Waals surface area contributed by atoms with Crippen molar-refractivity contribution >= 4 is 16.9 Å². The molecule has 5 rings (SSSR count). The van der Waals surface area contributed by atoms with Crippen molar-refractivity contribution < 1.29 is 13.9 Å². The summed E-state index contributed by atoms with van der Waals surface area (Å²) in [6.07, 6.45) is 1.27. The van der Waals surface area contributed by atoms with Crippen LogP contribution in [0.25, 0.3) is 11.0 Å². The van der Waals surface area contributed by atoms with Gasteiger partial charge in [0.2, 0.25) is 5.91 Å². The van der Waals surface area contributed by atoms with Gasteiger partial charge < -0.3 is 14.2 Å². The maximum Gasteiger partial charge on any atom is 0.223 e. The molecule has 3 aromatic carbocycles. The second kappa shape index (κ2) is 9.90. The first kappa shape index (κ1) is 23.1. The molecule has 0 radical (unpaired) electrons. The van der Waals surface area contributed by atoms with Crippen molar-refractivity contribution in [1.82, 2.24) is 14.5 Å². The van der Waals surface area contributed by atoms with Gasteiger partial charge in [0.25, 0.3) is 0 Å². The number of hydrogen-bond donors (Lipinski definition) is 0. The Hall–Kier alpha value is -3.67. The van der Waals surface area contributed by atoms with Gasteiger partial charge in [-0.1, -0.05) is 36.4 Å². The first-order chi connectivity index (χ1) is 17.0. The summed E-state index contributed by atoms with van der Waals surface area (Å²) in [5.41, 5.74) is 5.28. The SMILES string of the molecule is Cc1ccc(C)c(OCCCn2c(C3CC(=O)N(Cc4ccc(F)cc4)C3)nc3ccccc32)c1. The highest BCUT2D eigenvalue weighted by atomic mass is 19.1. The molecular weight excluding hydrogens is 441 g/mol. The Balaban J connectivity index is 1.30. The smallest absolute Gasteiger partial charge is 0.223 e. The van der Waals surface area contributed by atoms with Crippen LogP contribution < -0.4 is 4.74 Å². The van der Waals surface area contributed by atoms with E-state index >= 15 is 0 Å². The third-order valence-electron chi connectivity index (χ3n) is 6.68. The third kappa shape index (κ3) is 5.06. The number of likely N-dealkylation sites (tertiary alicyclic amines) is 1. The lowest BCUT2D eigenvalue weighted by atomic mass is 10.1. The number of imidazole rings is 1. The Labute approximate surface area is 205 Å². The maximum atomic E-state index is 13.3. The van der Waals surface area contributed by atoms with Gasteiger partial charge in [-0.15, -0.1) is 0 Å². The molecule has 35 heavy (non-hydrogen) atoms. The van der Waals surface area contributed by atoms with Gasteiger partial charge in [-0.25, -0.2) is 9.37 Å². The summed E-state index contributed by atoms with van der Waals surface area (Å²) in [6.45, 7) is 6.60. The third-order valence-corrected chi connectivity index (χ3v) is 6.68. The molecule has 0 saturated carbocycles. The Morgan fingerprint density at radius 1 is 1.06 bits per heavy atom. The zero-order valence-electron chi connectivity index (χ0n) is 20.2. The highest BCUT2D eigenvalue weighted by Crippen LogP contribution is 2.31. The van der Waals surface area contributed by atoms with Crippen molar-refractivity contribution in [3.05, 3.63) is 95.1 Å². The Kier molecular flexibility index (Phi) is 6.53. The molecule has 1 unspecified atom stereocenters. The van der Waals surface area contributed by atoms with Crippen LogP contribution in [0.2, 0.25) is 0 Å². The zero-order valence-corrected chi connectivity index (χ0v) is 20.2. The van der Waals surface area contributed by atoms with E-state index in [4.69, 9.17) is 9.72 Å². The summed E-state index contributed by atoms with van der Waals surface area (Å²) in [4.78, 5) is 19.6. The van der Waals surface area contributed by atoms with Gasteiger partial charge in [0, 0.05) is 32.0 Å². The summed E-state index contributed by atoms with van der Waals surface area (Å²) in [6, 6.07) is 20.7. The number of aromatic nitrogens is 2. The molecule has 6 heteroatoms. The fourth-order valence-electron chi connectivity index (χ4n) is 4.82. The fraction of sp³-hybridized carbons (Fsp3) is 0.310. The number of benzene rings is 3. The lowest BCUT2D eigenvalue weighted by molar-refractivity contribution is -0.128. The first-order valence-corrected chi connectivity index (χ1v) is 12.2. The van der Waals surface area contributed by atoms with E-state index in [1.165, 1.54) is 17.7 Å². The molecule has 1 aromatic heterocycles. The molecule has 4 aromatic rings. The highest BCUT2D eigenvalue weighted by Gasteiger charge is 2.34. The molecule has 1 aliphatic rings. The predicted molar refractivity (Wildman–Crippen MR) is 135 cm³/mol. The fourth-order valence-corrected chi connectivity index (χ4v) is 4.82. The molecule has 0 aliphatic carbocycles. The summed E-state index contributed by atoms with van der Waals surface area (Å²) >= 11 is 0. The number of aryl methyl sites for hydroxylation is 3. The summed E-state index contributed by atoms with van der Waals surface area (Å²) in [7, 11) is 0. The standard InChI is InChI=1S/C29H30FN3O2/c1-20-8-9-21(2)27(16-20)35-15-5-14-33-26-7-4-3-6-25(26)31-29(33)23-17-28(34)32(19-23)18-22-10-12-24(30)13-11-22/h3-4,6-13,16,23H,5,14-15,17-19H2,1-2H3. The lowest BCUT2D eigenvalue weighted by Gasteiger charge is -2.18. The van der Waals surface area contributed by atoms with Gasteiger partial charge >= 0.3 is 0 Å². The molecular formula is C29H30FN3O2. The lowest BCUT2D eigenvalue weighted by Crippen LogP contribution is -2.24. The van der Waals surface area contributed by atoms with E-state index < -0.39 is 0 Å². The van der Waals surface area contributed by atoms with Crippen molar-refractivity contribution in [3.8, 4) is 5.75 Å². The summed E-state index contributed by atoms with van der Waals surface area (Å²) in [5, 5.41) is 0. The number of ether oxygens (including phenoxy) is 1. The molecule has 5 nitrogen and oxygen atoms in total. The van der Waals surface area contributed by atoms with Crippen LogP contribution in [0.5, 0.6) is 5.75 Å². The second-order valence-electron chi connectivity index (χ2n) is 9.38. The number of fused-ring (bicyclic) bond motifs is 1. The molecule has 180 valence electrons. The predicted octanol–water partition coefficient (Wildman–Crippen LogP) is 5.78. The van der Waals surface area contributed by atoms with Gasteiger partial charge in [-0.3, -0.25) is 4.79 Å². The first-order valence-electron chi connectivity index (χ1n) is 12.2. The molecule has 1 aliphatic heterocycles. The van der Waals surface area contributed by atoms with Crippen LogP contribution in [-0.2, 0) is 17.9 Å². The molecule has 1 atom stereocenters. The maximum absolute atomic E-state index is 13.3. The van der Waals surface area contributed by atoms with Crippen molar-refractivity contribution in [1.29, 1.82) is 0 Å². The van der Waals surface area contributed by atoms with Gasteiger partial charge in [-0.05, 0) is 67.3 Å². The average Bonchev–Trinajstić information content (AvgIpc) is 3.40. The molecule has 1 fully saturated rings. The van der Waals surface area contributed by atoms with E-state index in [2.05, 4.69) is 42.7 Å². The largest absolute Gasteiger partial charge is 0.493 e. The molecule has 1 amide bonds. The molecule has 0 bridgehead atoms. The van der Waals surface area contributed by atoms with Crippen LogP contribution in [-0.4, -0.2) is 33.5 Å². The quantitative estimate of drug-likeness (QED) is 0.306. The second-order valence-corrected chi connectivity index (χ2v) is 9.38. The van der Waals surface area contributed by atoms with E-state index in [1.807, 2.05) is 23.1 Å². The van der Waals surface area contributed by atoms with Gasteiger partial charge in [0.05, 0.1) is 17.6 Å². The van der Waals surface area contributed by atoms with Crippen LogP contribution in [0.15, 0.2) is 66.7 Å². The van der Waals surface area contributed by atoms with E-state index in [1.54, 1.807) is 12.1 Å². The van der Waals surface area contributed by atoms with Gasteiger partial charge in [-0.2, -0.15) is 0 Å². The topological polar surface area (TPSA) is 47.4 Å². The zero-order chi connectivity index (χ0) is 24.4. The van der Waals surface area contributed by atoms with E-state index in [-0.39, 0.29) is 17.6 Å². The van der Waals surface area contributed by atoms with Crippen molar-refractivity contribution in [2.24, 2.45) is 0 Å². The minimum absolute atomic E-state index is 0.0234. The number of carbonyl (C=O) groups is 1. The van der Waals surface area contributed by atoms with Crippen LogP contribution >= 0.6 is 0 Å². The van der Waals surface area contributed by atoms with E-state index in [0.29, 0.717) is 26.1 Å². The number of carbonyl (C=O) groups excluding carboxylic acids is 1. The number of hydrogen-bond acceptors (Lipinski definition) is 3. The summed E-state index contributed by atoms with van der Waals surface area (Å²) in [5.74, 6) is 1.74. The minimum Gasteiger partial charge on any atom is -0.493 e. The highest BCUT2D eigenvalue weighted by molar-refractivity contribution is 5.81. The average molecular weight is 472 g/mol.